The van der Waals surface area contributed by atoms with E-state index in [1.165, 1.54) is 0 Å². The average molecular weight is 306 g/mol. The summed E-state index contributed by atoms with van der Waals surface area (Å²) < 4.78 is 11.2. The number of anilines is 1. The SMILES string of the molecule is Oc1cccc(Cl)c1CNc1ccc2c(c1)OCCCO2. The summed E-state index contributed by atoms with van der Waals surface area (Å²) in [5.41, 5.74) is 1.56. The maximum atomic E-state index is 9.83. The minimum Gasteiger partial charge on any atom is -0.508 e. The van der Waals surface area contributed by atoms with Gasteiger partial charge in [-0.15, -0.1) is 0 Å². The van der Waals surface area contributed by atoms with E-state index in [-0.39, 0.29) is 5.75 Å². The topological polar surface area (TPSA) is 50.7 Å². The number of rotatable bonds is 3. The molecule has 0 spiro atoms. The van der Waals surface area contributed by atoms with Crippen LogP contribution < -0.4 is 14.8 Å². The van der Waals surface area contributed by atoms with Crippen molar-refractivity contribution in [3.8, 4) is 17.2 Å². The Morgan fingerprint density at radius 3 is 2.71 bits per heavy atom. The summed E-state index contributed by atoms with van der Waals surface area (Å²) in [5, 5.41) is 13.6. The predicted molar refractivity (Wildman–Crippen MR) is 82.5 cm³/mol. The molecule has 0 radical (unpaired) electrons. The maximum absolute atomic E-state index is 9.83. The van der Waals surface area contributed by atoms with Crippen molar-refractivity contribution in [2.75, 3.05) is 18.5 Å². The van der Waals surface area contributed by atoms with Crippen LogP contribution in [-0.4, -0.2) is 18.3 Å². The number of halogens is 1. The number of hydrogen-bond donors (Lipinski definition) is 2. The highest BCUT2D eigenvalue weighted by Crippen LogP contribution is 2.33. The van der Waals surface area contributed by atoms with Crippen LogP contribution >= 0.6 is 11.6 Å². The van der Waals surface area contributed by atoms with Crippen LogP contribution in [0.1, 0.15) is 12.0 Å². The van der Waals surface area contributed by atoms with Crippen LogP contribution in [-0.2, 0) is 6.54 Å². The molecule has 1 aliphatic rings. The molecule has 3 rings (SSSR count). The fraction of sp³-hybridized carbons (Fsp3) is 0.250. The summed E-state index contributed by atoms with van der Waals surface area (Å²) in [5.74, 6) is 1.68. The van der Waals surface area contributed by atoms with Gasteiger partial charge in [-0.25, -0.2) is 0 Å². The molecule has 1 aliphatic heterocycles. The molecule has 2 aromatic carbocycles. The van der Waals surface area contributed by atoms with E-state index < -0.39 is 0 Å². The second-order valence-corrected chi connectivity index (χ2v) is 5.21. The molecule has 0 fully saturated rings. The lowest BCUT2D eigenvalue weighted by Crippen LogP contribution is -2.01. The molecular formula is C16H16ClNO3. The predicted octanol–water partition coefficient (Wildman–Crippen LogP) is 3.82. The van der Waals surface area contributed by atoms with Crippen molar-refractivity contribution >= 4 is 17.3 Å². The number of phenols is 1. The van der Waals surface area contributed by atoms with Crippen LogP contribution in [0.15, 0.2) is 36.4 Å². The molecule has 2 N–H and O–H groups in total. The summed E-state index contributed by atoms with van der Waals surface area (Å²) in [6, 6.07) is 10.8. The van der Waals surface area contributed by atoms with Gasteiger partial charge in [0.2, 0.25) is 0 Å². The summed E-state index contributed by atoms with van der Waals surface area (Å²) in [6.07, 6.45) is 0.880. The highest BCUT2D eigenvalue weighted by Gasteiger charge is 2.11. The molecule has 4 nitrogen and oxygen atoms in total. The van der Waals surface area contributed by atoms with E-state index in [0.717, 1.165) is 23.6 Å². The number of phenolic OH excluding ortho intramolecular Hbond substituents is 1. The molecule has 21 heavy (non-hydrogen) atoms. The van der Waals surface area contributed by atoms with Gasteiger partial charge >= 0.3 is 0 Å². The second-order valence-electron chi connectivity index (χ2n) is 4.80. The second kappa shape index (κ2) is 6.14. The van der Waals surface area contributed by atoms with Crippen molar-refractivity contribution < 1.29 is 14.6 Å². The molecule has 1 heterocycles. The van der Waals surface area contributed by atoms with E-state index in [9.17, 15) is 5.11 Å². The van der Waals surface area contributed by atoms with Crippen molar-refractivity contribution in [3.63, 3.8) is 0 Å². The maximum Gasteiger partial charge on any atom is 0.163 e. The van der Waals surface area contributed by atoms with E-state index in [1.54, 1.807) is 18.2 Å². The third-order valence-corrected chi connectivity index (χ3v) is 3.67. The van der Waals surface area contributed by atoms with E-state index in [1.807, 2.05) is 18.2 Å². The van der Waals surface area contributed by atoms with Crippen molar-refractivity contribution in [3.05, 3.63) is 47.0 Å². The number of fused-ring (bicyclic) bond motifs is 1. The zero-order chi connectivity index (χ0) is 14.7. The number of hydrogen-bond acceptors (Lipinski definition) is 4. The highest BCUT2D eigenvalue weighted by molar-refractivity contribution is 6.31. The Kier molecular flexibility index (Phi) is 4.06. The lowest BCUT2D eigenvalue weighted by Gasteiger charge is -2.12. The van der Waals surface area contributed by atoms with Gasteiger partial charge in [-0.1, -0.05) is 17.7 Å². The van der Waals surface area contributed by atoms with E-state index in [2.05, 4.69) is 5.32 Å². The summed E-state index contributed by atoms with van der Waals surface area (Å²) >= 11 is 6.09. The summed E-state index contributed by atoms with van der Waals surface area (Å²) in [6.45, 7) is 1.76. The first-order valence-electron chi connectivity index (χ1n) is 6.84. The molecule has 0 unspecified atom stereocenters. The first kappa shape index (κ1) is 13.9. The molecular weight excluding hydrogens is 290 g/mol. The van der Waals surface area contributed by atoms with Gasteiger partial charge in [0.1, 0.15) is 5.75 Å². The largest absolute Gasteiger partial charge is 0.508 e. The number of ether oxygens (including phenoxy) is 2. The average Bonchev–Trinajstić information content (AvgIpc) is 2.71. The van der Waals surface area contributed by atoms with Crippen LogP contribution in [0.25, 0.3) is 0 Å². The van der Waals surface area contributed by atoms with Crippen molar-refractivity contribution in [2.45, 2.75) is 13.0 Å². The minimum absolute atomic E-state index is 0.185. The molecule has 0 saturated carbocycles. The van der Waals surface area contributed by atoms with Gasteiger partial charge in [0.25, 0.3) is 0 Å². The van der Waals surface area contributed by atoms with E-state index in [4.69, 9.17) is 21.1 Å². The number of benzene rings is 2. The molecule has 110 valence electrons. The molecule has 0 amide bonds. The van der Waals surface area contributed by atoms with Gasteiger partial charge in [-0.05, 0) is 24.3 Å². The van der Waals surface area contributed by atoms with Crippen molar-refractivity contribution in [1.29, 1.82) is 0 Å². The molecule has 0 saturated heterocycles. The Bertz CT molecular complexity index is 625. The van der Waals surface area contributed by atoms with Gasteiger partial charge in [0.15, 0.2) is 11.5 Å². The van der Waals surface area contributed by atoms with Crippen LogP contribution in [0.2, 0.25) is 5.02 Å². The Morgan fingerprint density at radius 2 is 1.90 bits per heavy atom. The molecule has 5 heteroatoms. The van der Waals surface area contributed by atoms with Crippen LogP contribution in [0.3, 0.4) is 0 Å². The summed E-state index contributed by atoms with van der Waals surface area (Å²) in [7, 11) is 0. The third-order valence-electron chi connectivity index (χ3n) is 3.31. The number of aromatic hydroxyl groups is 1. The lowest BCUT2D eigenvalue weighted by atomic mass is 10.2. The Balaban J connectivity index is 1.75. The normalized spacial score (nSPS) is 13.6. The van der Waals surface area contributed by atoms with Crippen molar-refractivity contribution in [1.82, 2.24) is 0 Å². The van der Waals surface area contributed by atoms with Gasteiger partial charge < -0.3 is 19.9 Å². The molecule has 0 aromatic heterocycles. The van der Waals surface area contributed by atoms with Gasteiger partial charge in [-0.3, -0.25) is 0 Å². The van der Waals surface area contributed by atoms with Crippen LogP contribution in [0, 0.1) is 0 Å². The molecule has 0 aliphatic carbocycles. The fourth-order valence-electron chi connectivity index (χ4n) is 2.19. The van der Waals surface area contributed by atoms with E-state index >= 15 is 0 Å². The van der Waals surface area contributed by atoms with Crippen LogP contribution in [0.5, 0.6) is 17.2 Å². The van der Waals surface area contributed by atoms with E-state index in [0.29, 0.717) is 30.3 Å². The fourth-order valence-corrected chi connectivity index (χ4v) is 2.42. The number of nitrogens with one attached hydrogen (secondary N) is 1. The standard InChI is InChI=1S/C16H16ClNO3/c17-13-3-1-4-14(19)12(13)10-18-11-5-6-15-16(9-11)21-8-2-7-20-15/h1,3-6,9,18-19H,2,7-8,10H2. The van der Waals surface area contributed by atoms with Crippen molar-refractivity contribution in [2.24, 2.45) is 0 Å². The Hall–Kier alpha value is -2.07. The zero-order valence-electron chi connectivity index (χ0n) is 11.4. The highest BCUT2D eigenvalue weighted by atomic mass is 35.5. The van der Waals surface area contributed by atoms with Crippen LogP contribution in [0.4, 0.5) is 5.69 Å². The Labute approximate surface area is 128 Å². The minimum atomic E-state index is 0.185. The first-order valence-corrected chi connectivity index (χ1v) is 7.22. The molecule has 2 aromatic rings. The Morgan fingerprint density at radius 1 is 1.10 bits per heavy atom. The molecule has 0 bridgehead atoms. The lowest BCUT2D eigenvalue weighted by molar-refractivity contribution is 0.297. The van der Waals surface area contributed by atoms with Gasteiger partial charge in [-0.2, -0.15) is 0 Å². The smallest absolute Gasteiger partial charge is 0.163 e. The quantitative estimate of drug-likeness (QED) is 0.905. The third kappa shape index (κ3) is 3.16. The van der Waals surface area contributed by atoms with Gasteiger partial charge in [0, 0.05) is 35.3 Å². The summed E-state index contributed by atoms with van der Waals surface area (Å²) in [4.78, 5) is 0. The first-order chi connectivity index (χ1) is 10.2. The molecule has 0 atom stereocenters. The van der Waals surface area contributed by atoms with Gasteiger partial charge in [0.05, 0.1) is 13.2 Å². The monoisotopic (exact) mass is 305 g/mol. The zero-order valence-corrected chi connectivity index (χ0v) is 12.2.